The molecule has 34 heavy (non-hydrogen) atoms. The van der Waals surface area contributed by atoms with Crippen LogP contribution in [0.1, 0.15) is 21.5 Å². The Morgan fingerprint density at radius 2 is 1.50 bits per heavy atom. The second-order valence-corrected chi connectivity index (χ2v) is 7.97. The van der Waals surface area contributed by atoms with Crippen LogP contribution >= 0.6 is 12.2 Å². The predicted octanol–water partition coefficient (Wildman–Crippen LogP) is 5.30. The van der Waals surface area contributed by atoms with Crippen LogP contribution in [0.2, 0.25) is 0 Å². The van der Waals surface area contributed by atoms with E-state index >= 15 is 0 Å². The summed E-state index contributed by atoms with van der Waals surface area (Å²) in [5.74, 6) is -0.603. The van der Waals surface area contributed by atoms with E-state index in [1.165, 1.54) is 6.08 Å². The number of rotatable bonds is 6. The van der Waals surface area contributed by atoms with Gasteiger partial charge in [0, 0.05) is 12.6 Å². The van der Waals surface area contributed by atoms with E-state index in [0.717, 1.165) is 21.9 Å². The van der Waals surface area contributed by atoms with Gasteiger partial charge in [0.15, 0.2) is 5.11 Å². The molecule has 6 heteroatoms. The van der Waals surface area contributed by atoms with E-state index in [2.05, 4.69) is 16.0 Å². The van der Waals surface area contributed by atoms with E-state index in [4.69, 9.17) is 12.2 Å². The molecule has 0 atom stereocenters. The van der Waals surface area contributed by atoms with Gasteiger partial charge in [-0.3, -0.25) is 14.9 Å². The van der Waals surface area contributed by atoms with Gasteiger partial charge in [-0.2, -0.15) is 0 Å². The van der Waals surface area contributed by atoms with Gasteiger partial charge in [-0.15, -0.1) is 0 Å². The Kier molecular flexibility index (Phi) is 7.42. The smallest absolute Gasteiger partial charge is 0.253 e. The molecule has 0 spiro atoms. The Balaban J connectivity index is 1.37. The average Bonchev–Trinajstić information content (AvgIpc) is 2.87. The molecule has 0 saturated heterocycles. The minimum absolute atomic E-state index is 0.107. The highest BCUT2D eigenvalue weighted by atomic mass is 32.1. The highest BCUT2D eigenvalue weighted by Gasteiger charge is 2.12. The third kappa shape index (κ3) is 5.94. The van der Waals surface area contributed by atoms with Crippen LogP contribution in [0.15, 0.2) is 103 Å². The molecule has 5 nitrogen and oxygen atoms in total. The molecule has 0 saturated carbocycles. The summed E-state index contributed by atoms with van der Waals surface area (Å²) in [6, 6.07) is 30.6. The number of amides is 2. The molecule has 4 aromatic rings. The van der Waals surface area contributed by atoms with Crippen LogP contribution in [0.4, 0.5) is 5.69 Å². The van der Waals surface area contributed by atoms with Crippen molar-refractivity contribution in [3.05, 3.63) is 120 Å². The van der Waals surface area contributed by atoms with Gasteiger partial charge in [0.05, 0.1) is 11.3 Å². The van der Waals surface area contributed by atoms with Crippen molar-refractivity contribution in [1.82, 2.24) is 10.6 Å². The van der Waals surface area contributed by atoms with Gasteiger partial charge < -0.3 is 10.6 Å². The van der Waals surface area contributed by atoms with E-state index in [0.29, 0.717) is 17.8 Å². The fourth-order valence-electron chi connectivity index (χ4n) is 3.53. The lowest BCUT2D eigenvalue weighted by Crippen LogP contribution is -2.33. The molecule has 0 radical (unpaired) electrons. The lowest BCUT2D eigenvalue weighted by molar-refractivity contribution is -0.115. The van der Waals surface area contributed by atoms with E-state index in [-0.39, 0.29) is 16.9 Å². The first-order valence-electron chi connectivity index (χ1n) is 10.8. The summed E-state index contributed by atoms with van der Waals surface area (Å²) in [5, 5.41) is 10.8. The van der Waals surface area contributed by atoms with Crippen LogP contribution in [-0.4, -0.2) is 16.9 Å². The molecule has 0 aliphatic rings. The average molecular weight is 466 g/mol. The first kappa shape index (κ1) is 22.9. The van der Waals surface area contributed by atoms with Crippen molar-refractivity contribution in [2.75, 3.05) is 5.32 Å². The number of hydrogen-bond donors (Lipinski definition) is 3. The maximum absolute atomic E-state index is 12.7. The number of benzene rings is 4. The topological polar surface area (TPSA) is 70.2 Å². The van der Waals surface area contributed by atoms with Gasteiger partial charge in [-0.25, -0.2) is 0 Å². The second-order valence-electron chi connectivity index (χ2n) is 7.56. The Hall–Kier alpha value is -4.29. The number of hydrogen-bond acceptors (Lipinski definition) is 3. The second kappa shape index (κ2) is 11.0. The standard InChI is InChI=1S/C28H23N3O2S/c32-26(18-17-22-13-8-12-21-11-4-5-14-23(21)22)31-28(34)30-25-16-7-6-15-24(25)27(33)29-19-20-9-2-1-3-10-20/h1-18H,19H2,(H,29,33)(H2,30,31,32,34)/b18-17+. The number of carbonyl (C=O) groups is 2. The molecule has 0 fully saturated rings. The lowest BCUT2D eigenvalue weighted by Gasteiger charge is -2.13. The minimum Gasteiger partial charge on any atom is -0.348 e. The zero-order valence-corrected chi connectivity index (χ0v) is 19.1. The maximum atomic E-state index is 12.7. The minimum atomic E-state index is -0.364. The first-order chi connectivity index (χ1) is 16.6. The molecular weight excluding hydrogens is 442 g/mol. The summed E-state index contributed by atoms with van der Waals surface area (Å²) < 4.78 is 0. The van der Waals surface area contributed by atoms with Crippen molar-refractivity contribution in [1.29, 1.82) is 0 Å². The Morgan fingerprint density at radius 3 is 2.35 bits per heavy atom. The normalized spacial score (nSPS) is 10.7. The van der Waals surface area contributed by atoms with Crippen molar-refractivity contribution < 1.29 is 9.59 Å². The van der Waals surface area contributed by atoms with Crippen LogP contribution in [0, 0.1) is 0 Å². The highest BCUT2D eigenvalue weighted by Crippen LogP contribution is 2.19. The number of anilines is 1. The molecule has 2 amide bonds. The molecule has 0 unspecified atom stereocenters. The fourth-order valence-corrected chi connectivity index (χ4v) is 3.74. The summed E-state index contributed by atoms with van der Waals surface area (Å²) in [4.78, 5) is 25.1. The van der Waals surface area contributed by atoms with Crippen molar-refractivity contribution in [2.24, 2.45) is 0 Å². The van der Waals surface area contributed by atoms with Crippen LogP contribution in [0.3, 0.4) is 0 Å². The van der Waals surface area contributed by atoms with Gasteiger partial charge in [-0.1, -0.05) is 84.9 Å². The summed E-state index contributed by atoms with van der Waals surface area (Å²) >= 11 is 5.30. The molecule has 0 aliphatic heterocycles. The zero-order valence-electron chi connectivity index (χ0n) is 18.3. The number of nitrogens with one attached hydrogen (secondary N) is 3. The van der Waals surface area contributed by atoms with Crippen LogP contribution in [0.25, 0.3) is 16.8 Å². The third-order valence-corrected chi connectivity index (χ3v) is 5.39. The molecule has 0 bridgehead atoms. The van der Waals surface area contributed by atoms with Crippen LogP contribution in [-0.2, 0) is 11.3 Å². The summed E-state index contributed by atoms with van der Waals surface area (Å²) in [6.45, 7) is 0.411. The maximum Gasteiger partial charge on any atom is 0.253 e. The number of carbonyl (C=O) groups excluding carboxylic acids is 2. The molecule has 168 valence electrons. The summed E-state index contributed by atoms with van der Waals surface area (Å²) in [7, 11) is 0. The predicted molar refractivity (Wildman–Crippen MR) is 141 cm³/mol. The molecular formula is C28H23N3O2S. The van der Waals surface area contributed by atoms with Crippen LogP contribution in [0.5, 0.6) is 0 Å². The third-order valence-electron chi connectivity index (χ3n) is 5.19. The fraction of sp³-hybridized carbons (Fsp3) is 0.0357. The Bertz CT molecular complexity index is 1360. The quantitative estimate of drug-likeness (QED) is 0.267. The van der Waals surface area contributed by atoms with Gasteiger partial charge in [0.1, 0.15) is 0 Å². The largest absolute Gasteiger partial charge is 0.348 e. The van der Waals surface area contributed by atoms with E-state index in [1.807, 2.05) is 72.8 Å². The van der Waals surface area contributed by atoms with Gasteiger partial charge in [0.2, 0.25) is 5.91 Å². The van der Waals surface area contributed by atoms with Crippen molar-refractivity contribution >= 4 is 51.7 Å². The van der Waals surface area contributed by atoms with Gasteiger partial charge in [-0.05, 0) is 52.3 Å². The SMILES string of the molecule is O=C(/C=C/c1cccc2ccccc12)NC(=S)Nc1ccccc1C(=O)NCc1ccccc1. The van der Waals surface area contributed by atoms with E-state index in [1.54, 1.807) is 30.3 Å². The number of fused-ring (bicyclic) bond motifs is 1. The summed E-state index contributed by atoms with van der Waals surface area (Å²) in [5.41, 5.74) is 2.88. The molecule has 3 N–H and O–H groups in total. The number of para-hydroxylation sites is 1. The van der Waals surface area contributed by atoms with E-state index in [9.17, 15) is 9.59 Å². The van der Waals surface area contributed by atoms with Crippen molar-refractivity contribution in [3.63, 3.8) is 0 Å². The number of thiocarbonyl (C=S) groups is 1. The van der Waals surface area contributed by atoms with E-state index < -0.39 is 0 Å². The molecule has 4 rings (SSSR count). The molecule has 0 aliphatic carbocycles. The van der Waals surface area contributed by atoms with Crippen molar-refractivity contribution in [3.8, 4) is 0 Å². The molecule has 0 aromatic heterocycles. The summed E-state index contributed by atoms with van der Waals surface area (Å²) in [6.07, 6.45) is 3.19. The van der Waals surface area contributed by atoms with Crippen LogP contribution < -0.4 is 16.0 Å². The zero-order chi connectivity index (χ0) is 23.8. The van der Waals surface area contributed by atoms with Crippen molar-refractivity contribution in [2.45, 2.75) is 6.54 Å². The molecule has 0 heterocycles. The monoisotopic (exact) mass is 465 g/mol. The Labute approximate surface area is 203 Å². The Morgan fingerprint density at radius 1 is 0.794 bits per heavy atom. The van der Waals surface area contributed by atoms with Gasteiger partial charge >= 0.3 is 0 Å². The highest BCUT2D eigenvalue weighted by molar-refractivity contribution is 7.80. The van der Waals surface area contributed by atoms with Gasteiger partial charge in [0.25, 0.3) is 5.91 Å². The lowest BCUT2D eigenvalue weighted by atomic mass is 10.0. The first-order valence-corrected chi connectivity index (χ1v) is 11.2. The molecule has 4 aromatic carbocycles.